The van der Waals surface area contributed by atoms with E-state index in [0.717, 1.165) is 59.9 Å². The molecule has 1 aliphatic heterocycles. The molecule has 2 aromatic rings. The Kier molecular flexibility index (Phi) is 6.13. The van der Waals surface area contributed by atoms with E-state index in [2.05, 4.69) is 21.2 Å². The number of nitrogens with one attached hydrogen (secondary N) is 1. The third kappa shape index (κ3) is 4.84. The molecule has 1 fully saturated rings. The van der Waals surface area contributed by atoms with Crippen LogP contribution in [-0.2, 0) is 6.54 Å². The van der Waals surface area contributed by atoms with Crippen LogP contribution in [0.15, 0.2) is 48.5 Å². The SMILES string of the molecule is COc1ccc(NC(=S)N2CCCN(Cc3ccccc3Cl)C2)cc1. The normalized spacial score (nSPS) is 15.0. The first-order valence-corrected chi connectivity index (χ1v) is 9.10. The molecule has 0 saturated carbocycles. The van der Waals surface area contributed by atoms with Gasteiger partial charge >= 0.3 is 0 Å². The van der Waals surface area contributed by atoms with Crippen LogP contribution in [-0.4, -0.2) is 41.8 Å². The molecule has 132 valence electrons. The summed E-state index contributed by atoms with van der Waals surface area (Å²) in [6, 6.07) is 15.8. The molecule has 1 N–H and O–H groups in total. The van der Waals surface area contributed by atoms with Gasteiger partial charge in [-0.3, -0.25) is 4.90 Å². The van der Waals surface area contributed by atoms with Crippen molar-refractivity contribution in [2.24, 2.45) is 0 Å². The standard InChI is InChI=1S/C19H22ClN3OS/c1-24-17-9-7-16(8-10-17)21-19(25)23-12-4-11-22(14-23)13-15-5-2-3-6-18(15)20/h2-3,5-10H,4,11-14H2,1H3,(H,21,25). The van der Waals surface area contributed by atoms with Crippen molar-refractivity contribution in [2.75, 3.05) is 32.2 Å². The summed E-state index contributed by atoms with van der Waals surface area (Å²) in [7, 11) is 1.66. The van der Waals surface area contributed by atoms with Crippen LogP contribution in [0, 0.1) is 0 Å². The molecule has 0 atom stereocenters. The second kappa shape index (κ2) is 8.52. The Morgan fingerprint density at radius 1 is 1.16 bits per heavy atom. The van der Waals surface area contributed by atoms with Gasteiger partial charge in [0.2, 0.25) is 0 Å². The second-order valence-electron chi connectivity index (χ2n) is 6.06. The van der Waals surface area contributed by atoms with E-state index in [-0.39, 0.29) is 0 Å². The Morgan fingerprint density at radius 3 is 2.64 bits per heavy atom. The lowest BCUT2D eigenvalue weighted by Gasteiger charge is -2.37. The van der Waals surface area contributed by atoms with Gasteiger partial charge in [-0.05, 0) is 54.5 Å². The summed E-state index contributed by atoms with van der Waals surface area (Å²) >= 11 is 11.9. The van der Waals surface area contributed by atoms with Crippen LogP contribution >= 0.6 is 23.8 Å². The number of halogens is 1. The van der Waals surface area contributed by atoms with E-state index in [1.807, 2.05) is 42.5 Å². The molecule has 0 bridgehead atoms. The number of methoxy groups -OCH3 is 1. The van der Waals surface area contributed by atoms with Crippen LogP contribution in [0.3, 0.4) is 0 Å². The van der Waals surface area contributed by atoms with E-state index in [9.17, 15) is 0 Å². The Balaban J connectivity index is 1.58. The maximum Gasteiger partial charge on any atom is 0.174 e. The Morgan fingerprint density at radius 2 is 1.92 bits per heavy atom. The average Bonchev–Trinajstić information content (AvgIpc) is 2.64. The van der Waals surface area contributed by atoms with Gasteiger partial charge in [-0.15, -0.1) is 0 Å². The lowest BCUT2D eigenvalue weighted by molar-refractivity contribution is 0.134. The fourth-order valence-electron chi connectivity index (χ4n) is 2.91. The molecule has 0 radical (unpaired) electrons. The van der Waals surface area contributed by atoms with Crippen LogP contribution < -0.4 is 10.1 Å². The number of hydrogen-bond donors (Lipinski definition) is 1. The summed E-state index contributed by atoms with van der Waals surface area (Å²) in [5.74, 6) is 0.834. The van der Waals surface area contributed by atoms with E-state index in [4.69, 9.17) is 28.6 Å². The van der Waals surface area contributed by atoms with Crippen LogP contribution in [0.4, 0.5) is 5.69 Å². The number of benzene rings is 2. The highest BCUT2D eigenvalue weighted by atomic mass is 35.5. The van der Waals surface area contributed by atoms with Crippen LogP contribution in [0.2, 0.25) is 5.02 Å². The number of rotatable bonds is 4. The zero-order chi connectivity index (χ0) is 17.6. The predicted molar refractivity (Wildman–Crippen MR) is 107 cm³/mol. The maximum absolute atomic E-state index is 6.29. The third-order valence-corrected chi connectivity index (χ3v) is 4.98. The topological polar surface area (TPSA) is 27.7 Å². The van der Waals surface area contributed by atoms with E-state index >= 15 is 0 Å². The molecule has 6 heteroatoms. The first-order chi connectivity index (χ1) is 12.2. The van der Waals surface area contributed by atoms with Gasteiger partial charge < -0.3 is 15.0 Å². The molecule has 0 unspecified atom stereocenters. The number of ether oxygens (including phenoxy) is 1. The minimum absolute atomic E-state index is 0.744. The molecule has 1 heterocycles. The molecule has 1 aliphatic rings. The van der Waals surface area contributed by atoms with Crippen LogP contribution in [0.25, 0.3) is 0 Å². The van der Waals surface area contributed by atoms with Gasteiger partial charge in [-0.2, -0.15) is 0 Å². The summed E-state index contributed by atoms with van der Waals surface area (Å²) in [4.78, 5) is 4.56. The minimum atomic E-state index is 0.744. The van der Waals surface area contributed by atoms with Crippen molar-refractivity contribution in [1.29, 1.82) is 0 Å². The number of hydrogen-bond acceptors (Lipinski definition) is 3. The van der Waals surface area contributed by atoms with E-state index < -0.39 is 0 Å². The van der Waals surface area contributed by atoms with Crippen LogP contribution in [0.1, 0.15) is 12.0 Å². The summed E-state index contributed by atoms with van der Waals surface area (Å²) in [5.41, 5.74) is 2.12. The average molecular weight is 376 g/mol. The summed E-state index contributed by atoms with van der Waals surface area (Å²) in [5, 5.41) is 4.87. The summed E-state index contributed by atoms with van der Waals surface area (Å²) < 4.78 is 5.18. The smallest absolute Gasteiger partial charge is 0.174 e. The summed E-state index contributed by atoms with van der Waals surface area (Å²) in [6.07, 6.45) is 1.08. The fraction of sp³-hybridized carbons (Fsp3) is 0.316. The van der Waals surface area contributed by atoms with Gasteiger partial charge in [0.25, 0.3) is 0 Å². The first kappa shape index (κ1) is 18.0. The van der Waals surface area contributed by atoms with Crippen molar-refractivity contribution in [3.05, 3.63) is 59.1 Å². The molecule has 0 spiro atoms. The molecule has 3 rings (SSSR count). The van der Waals surface area contributed by atoms with Crippen molar-refractivity contribution >= 4 is 34.6 Å². The third-order valence-electron chi connectivity index (χ3n) is 4.25. The van der Waals surface area contributed by atoms with Gasteiger partial charge in [0, 0.05) is 30.3 Å². The van der Waals surface area contributed by atoms with E-state index in [1.165, 1.54) is 0 Å². The van der Waals surface area contributed by atoms with Gasteiger partial charge in [-0.25, -0.2) is 0 Å². The lowest BCUT2D eigenvalue weighted by Crippen LogP contribution is -2.48. The monoisotopic (exact) mass is 375 g/mol. The first-order valence-electron chi connectivity index (χ1n) is 8.31. The van der Waals surface area contributed by atoms with Gasteiger partial charge in [0.05, 0.1) is 13.8 Å². The van der Waals surface area contributed by atoms with Gasteiger partial charge in [-0.1, -0.05) is 29.8 Å². The largest absolute Gasteiger partial charge is 0.497 e. The molecule has 25 heavy (non-hydrogen) atoms. The highest BCUT2D eigenvalue weighted by molar-refractivity contribution is 7.80. The molecular weight excluding hydrogens is 354 g/mol. The lowest BCUT2D eigenvalue weighted by atomic mass is 10.2. The quantitative estimate of drug-likeness (QED) is 0.808. The molecule has 1 saturated heterocycles. The Bertz CT molecular complexity index is 723. The van der Waals surface area contributed by atoms with E-state index in [0.29, 0.717) is 0 Å². The van der Waals surface area contributed by atoms with Gasteiger partial charge in [0.1, 0.15) is 5.75 Å². The zero-order valence-electron chi connectivity index (χ0n) is 14.2. The van der Waals surface area contributed by atoms with E-state index in [1.54, 1.807) is 7.11 Å². The number of thiocarbonyl (C=S) groups is 1. The molecule has 4 nitrogen and oxygen atoms in total. The Labute approximate surface area is 159 Å². The molecule has 0 aromatic heterocycles. The molecule has 0 amide bonds. The zero-order valence-corrected chi connectivity index (χ0v) is 15.8. The van der Waals surface area contributed by atoms with Crippen molar-refractivity contribution in [2.45, 2.75) is 13.0 Å². The number of anilines is 1. The maximum atomic E-state index is 6.29. The van der Waals surface area contributed by atoms with Crippen molar-refractivity contribution < 1.29 is 4.74 Å². The summed E-state index contributed by atoms with van der Waals surface area (Å²) in [6.45, 7) is 3.64. The fourth-order valence-corrected chi connectivity index (χ4v) is 3.37. The minimum Gasteiger partial charge on any atom is -0.497 e. The molecule has 0 aliphatic carbocycles. The predicted octanol–water partition coefficient (Wildman–Crippen LogP) is 4.21. The number of nitrogens with zero attached hydrogens (tertiary/aromatic N) is 2. The van der Waals surface area contributed by atoms with Crippen LogP contribution in [0.5, 0.6) is 5.75 Å². The van der Waals surface area contributed by atoms with Crippen molar-refractivity contribution in [1.82, 2.24) is 9.80 Å². The molecular formula is C19H22ClN3OS. The van der Waals surface area contributed by atoms with Gasteiger partial charge in [0.15, 0.2) is 5.11 Å². The van der Waals surface area contributed by atoms with Crippen molar-refractivity contribution in [3.63, 3.8) is 0 Å². The highest BCUT2D eigenvalue weighted by Crippen LogP contribution is 2.20. The van der Waals surface area contributed by atoms with Crippen molar-refractivity contribution in [3.8, 4) is 5.75 Å². The second-order valence-corrected chi connectivity index (χ2v) is 6.85. The molecule has 2 aromatic carbocycles. The Hall–Kier alpha value is -1.82. The highest BCUT2D eigenvalue weighted by Gasteiger charge is 2.20.